The van der Waals surface area contributed by atoms with E-state index < -0.39 is 15.8 Å². The van der Waals surface area contributed by atoms with Crippen LogP contribution in [-0.2, 0) is 15.9 Å². The fraction of sp³-hybridized carbons (Fsp3) is 0.857. The summed E-state index contributed by atoms with van der Waals surface area (Å²) >= 11 is -2.22. The lowest BCUT2D eigenvalue weighted by Gasteiger charge is -2.18. The van der Waals surface area contributed by atoms with Crippen LogP contribution in [0.2, 0.25) is 0 Å². The number of Topliss-reactive ketones (excluding diaryl/α,β-unsaturated/α-hetero) is 1. The summed E-state index contributed by atoms with van der Waals surface area (Å²) in [5.41, 5.74) is 0. The predicted octanol–water partition coefficient (Wildman–Crippen LogP) is 0.623. The molecule has 1 unspecified atom stereocenters. The average Bonchev–Trinajstić information content (AvgIpc) is 2.65. The van der Waals surface area contributed by atoms with Crippen molar-refractivity contribution in [3.63, 3.8) is 0 Å². The molecule has 0 aliphatic heterocycles. The lowest BCUT2D eigenvalue weighted by atomic mass is 10.1. The summed E-state index contributed by atoms with van der Waals surface area (Å²) in [5, 5.41) is 0. The van der Waals surface area contributed by atoms with Crippen LogP contribution in [0, 0.1) is 5.92 Å². The highest BCUT2D eigenvalue weighted by atomic mass is 32.2. The van der Waals surface area contributed by atoms with Gasteiger partial charge in [-0.1, -0.05) is 13.8 Å². The number of rotatable bonds is 3. The van der Waals surface area contributed by atoms with Crippen LogP contribution < -0.4 is 0 Å². The number of hydrogen-bond donors (Lipinski definition) is 0. The molecule has 0 bridgehead atoms. The minimum absolute atomic E-state index is 0.133. The third-order valence-electron chi connectivity index (χ3n) is 2.00. The van der Waals surface area contributed by atoms with Crippen LogP contribution in [0.5, 0.6) is 0 Å². The Kier molecular flexibility index (Phi) is 2.16. The molecule has 1 aliphatic carbocycles. The van der Waals surface area contributed by atoms with Crippen LogP contribution >= 0.6 is 0 Å². The van der Waals surface area contributed by atoms with E-state index >= 15 is 0 Å². The normalized spacial score (nSPS) is 23.3. The fourth-order valence-electron chi connectivity index (χ4n) is 1.13. The first-order valence-corrected chi connectivity index (χ1v) is 4.72. The molecule has 64 valence electrons. The van der Waals surface area contributed by atoms with Crippen LogP contribution in [0.15, 0.2) is 0 Å². The molecular formula is C7H11O3S-. The van der Waals surface area contributed by atoms with Gasteiger partial charge in [0.2, 0.25) is 0 Å². The van der Waals surface area contributed by atoms with Crippen molar-refractivity contribution in [2.24, 2.45) is 5.92 Å². The Hall–Kier alpha value is -0.220. The molecule has 0 heterocycles. The molecular weight excluding hydrogens is 164 g/mol. The van der Waals surface area contributed by atoms with Crippen LogP contribution in [0.1, 0.15) is 26.7 Å². The number of carbonyl (C=O) groups excluding carboxylic acids is 1. The lowest BCUT2D eigenvalue weighted by Crippen LogP contribution is -2.31. The van der Waals surface area contributed by atoms with E-state index in [1.807, 2.05) is 0 Å². The first kappa shape index (κ1) is 8.87. The Morgan fingerprint density at radius 1 is 1.55 bits per heavy atom. The highest BCUT2D eigenvalue weighted by Crippen LogP contribution is 2.43. The van der Waals surface area contributed by atoms with Crippen molar-refractivity contribution in [1.82, 2.24) is 0 Å². The van der Waals surface area contributed by atoms with Crippen LogP contribution in [0.4, 0.5) is 0 Å². The average molecular weight is 175 g/mol. The van der Waals surface area contributed by atoms with Crippen LogP contribution in [0.3, 0.4) is 0 Å². The molecule has 0 aromatic heterocycles. The molecule has 0 saturated heterocycles. The molecule has 0 radical (unpaired) electrons. The monoisotopic (exact) mass is 175 g/mol. The van der Waals surface area contributed by atoms with Gasteiger partial charge in [-0.25, -0.2) is 0 Å². The van der Waals surface area contributed by atoms with E-state index in [9.17, 15) is 13.6 Å². The molecule has 0 N–H and O–H groups in total. The molecule has 1 atom stereocenters. The zero-order valence-electron chi connectivity index (χ0n) is 6.62. The fourth-order valence-corrected chi connectivity index (χ4v) is 1.97. The number of ketones is 1. The molecule has 0 spiro atoms. The maximum atomic E-state index is 11.3. The molecule has 1 fully saturated rings. The maximum absolute atomic E-state index is 11.3. The van der Waals surface area contributed by atoms with Crippen molar-refractivity contribution >= 4 is 16.9 Å². The first-order valence-electron chi connectivity index (χ1n) is 3.64. The second-order valence-electron chi connectivity index (χ2n) is 3.25. The number of carbonyl (C=O) groups is 1. The van der Waals surface area contributed by atoms with Crippen molar-refractivity contribution in [2.45, 2.75) is 31.4 Å². The molecule has 11 heavy (non-hydrogen) atoms. The molecule has 0 amide bonds. The maximum Gasteiger partial charge on any atom is 0.152 e. The SMILES string of the molecule is CC(C)C(=O)C1(S(=O)[O-])CC1. The van der Waals surface area contributed by atoms with Gasteiger partial charge in [0.25, 0.3) is 0 Å². The summed E-state index contributed by atoms with van der Waals surface area (Å²) in [6.07, 6.45) is 1.03. The molecule has 3 nitrogen and oxygen atoms in total. The summed E-state index contributed by atoms with van der Waals surface area (Å²) in [7, 11) is 0. The summed E-state index contributed by atoms with van der Waals surface area (Å²) in [5.74, 6) is -0.304. The minimum atomic E-state index is -2.22. The summed E-state index contributed by atoms with van der Waals surface area (Å²) < 4.78 is 20.2. The van der Waals surface area contributed by atoms with E-state index in [-0.39, 0.29) is 11.7 Å². The highest BCUT2D eigenvalue weighted by molar-refractivity contribution is 7.82. The Labute approximate surface area is 68.5 Å². The first-order chi connectivity index (χ1) is 5.00. The van der Waals surface area contributed by atoms with Crippen molar-refractivity contribution in [1.29, 1.82) is 0 Å². The van der Waals surface area contributed by atoms with Gasteiger partial charge in [-0.3, -0.25) is 9.00 Å². The van der Waals surface area contributed by atoms with Gasteiger partial charge in [0.15, 0.2) is 5.78 Å². The Morgan fingerprint density at radius 2 is 2.00 bits per heavy atom. The van der Waals surface area contributed by atoms with E-state index in [2.05, 4.69) is 0 Å². The summed E-state index contributed by atoms with van der Waals surface area (Å²) in [4.78, 5) is 11.3. The second kappa shape index (κ2) is 2.68. The van der Waals surface area contributed by atoms with Gasteiger partial charge in [-0.2, -0.15) is 0 Å². The molecule has 1 rings (SSSR count). The van der Waals surface area contributed by atoms with Crippen molar-refractivity contribution in [2.75, 3.05) is 0 Å². The smallest absolute Gasteiger partial charge is 0.152 e. The highest BCUT2D eigenvalue weighted by Gasteiger charge is 2.51. The molecule has 0 aromatic rings. The molecule has 0 aromatic carbocycles. The summed E-state index contributed by atoms with van der Waals surface area (Å²) in [6.45, 7) is 3.46. The third-order valence-corrected chi connectivity index (χ3v) is 3.24. The Balaban J connectivity index is 2.74. The second-order valence-corrected chi connectivity index (χ2v) is 4.50. The largest absolute Gasteiger partial charge is 0.772 e. The lowest BCUT2D eigenvalue weighted by molar-refractivity contribution is -0.122. The number of hydrogen-bond acceptors (Lipinski definition) is 3. The topological polar surface area (TPSA) is 57.2 Å². The predicted molar refractivity (Wildman–Crippen MR) is 40.7 cm³/mol. The standard InChI is InChI=1S/C7H12O3S/c1-5(2)6(8)7(3-4-7)11(9)10/h5H,3-4H2,1-2H3,(H,9,10)/p-1. The van der Waals surface area contributed by atoms with Gasteiger partial charge >= 0.3 is 0 Å². The Morgan fingerprint density at radius 3 is 2.09 bits per heavy atom. The zero-order valence-corrected chi connectivity index (χ0v) is 7.44. The van der Waals surface area contributed by atoms with E-state index in [4.69, 9.17) is 0 Å². The van der Waals surface area contributed by atoms with E-state index in [1.165, 1.54) is 0 Å². The minimum Gasteiger partial charge on any atom is -0.772 e. The van der Waals surface area contributed by atoms with Crippen LogP contribution in [-0.4, -0.2) is 19.3 Å². The quantitative estimate of drug-likeness (QED) is 0.591. The van der Waals surface area contributed by atoms with Gasteiger partial charge in [0.05, 0.1) is 4.75 Å². The zero-order chi connectivity index (χ0) is 8.65. The van der Waals surface area contributed by atoms with Gasteiger partial charge in [-0.15, -0.1) is 0 Å². The van der Waals surface area contributed by atoms with Gasteiger partial charge in [-0.05, 0) is 23.9 Å². The molecule has 4 heteroatoms. The summed E-state index contributed by atoms with van der Waals surface area (Å²) in [6, 6.07) is 0. The third kappa shape index (κ3) is 1.37. The van der Waals surface area contributed by atoms with E-state index in [0.29, 0.717) is 12.8 Å². The molecule has 1 saturated carbocycles. The van der Waals surface area contributed by atoms with E-state index in [0.717, 1.165) is 0 Å². The Bertz CT molecular complexity index is 206. The van der Waals surface area contributed by atoms with Crippen molar-refractivity contribution < 1.29 is 13.6 Å². The van der Waals surface area contributed by atoms with Crippen LogP contribution in [0.25, 0.3) is 0 Å². The van der Waals surface area contributed by atoms with Crippen molar-refractivity contribution in [3.05, 3.63) is 0 Å². The van der Waals surface area contributed by atoms with Crippen molar-refractivity contribution in [3.8, 4) is 0 Å². The van der Waals surface area contributed by atoms with E-state index in [1.54, 1.807) is 13.8 Å². The van der Waals surface area contributed by atoms with Gasteiger partial charge in [0.1, 0.15) is 0 Å². The van der Waals surface area contributed by atoms with Gasteiger partial charge < -0.3 is 4.55 Å². The molecule has 1 aliphatic rings. The van der Waals surface area contributed by atoms with Gasteiger partial charge in [0, 0.05) is 5.92 Å².